The van der Waals surface area contributed by atoms with Crippen LogP contribution in [0.1, 0.15) is 37.1 Å². The number of morpholine rings is 1. The van der Waals surface area contributed by atoms with Gasteiger partial charge in [-0.15, -0.1) is 0 Å². The third kappa shape index (κ3) is 3.28. The summed E-state index contributed by atoms with van der Waals surface area (Å²) in [5, 5.41) is 0. The summed E-state index contributed by atoms with van der Waals surface area (Å²) in [5.74, 6) is 1.25. The second-order valence-electron chi connectivity index (χ2n) is 8.62. The summed E-state index contributed by atoms with van der Waals surface area (Å²) in [6.07, 6.45) is 8.10. The lowest BCUT2D eigenvalue weighted by Gasteiger charge is -2.38. The van der Waals surface area contributed by atoms with E-state index < -0.39 is 5.95 Å². The summed E-state index contributed by atoms with van der Waals surface area (Å²) in [6.45, 7) is 4.19. The van der Waals surface area contributed by atoms with E-state index in [0.717, 1.165) is 36.2 Å². The van der Waals surface area contributed by atoms with Crippen LogP contribution in [0.15, 0.2) is 36.8 Å². The molecule has 3 aromatic rings. The van der Waals surface area contributed by atoms with Crippen LogP contribution in [0.25, 0.3) is 11.6 Å². The van der Waals surface area contributed by atoms with Crippen molar-refractivity contribution in [2.75, 3.05) is 29.6 Å². The molecule has 2 fully saturated rings. The lowest BCUT2D eigenvalue weighted by atomic mass is 9.99. The van der Waals surface area contributed by atoms with Crippen LogP contribution in [0.4, 0.5) is 15.9 Å². The van der Waals surface area contributed by atoms with E-state index in [4.69, 9.17) is 9.72 Å². The van der Waals surface area contributed by atoms with Crippen LogP contribution in [0.2, 0.25) is 0 Å². The number of anilines is 2. The fourth-order valence-corrected chi connectivity index (χ4v) is 5.22. The van der Waals surface area contributed by atoms with Crippen LogP contribution >= 0.6 is 0 Å². The van der Waals surface area contributed by atoms with E-state index in [9.17, 15) is 4.39 Å². The minimum atomic E-state index is -0.450. The van der Waals surface area contributed by atoms with E-state index >= 15 is 0 Å². The number of hydrogen-bond acceptors (Lipinski definition) is 8. The molecule has 32 heavy (non-hydrogen) atoms. The van der Waals surface area contributed by atoms with Gasteiger partial charge in [-0.2, -0.15) is 4.39 Å². The molecule has 3 aromatic heterocycles. The van der Waals surface area contributed by atoms with Gasteiger partial charge in [-0.3, -0.25) is 0 Å². The molecule has 0 spiro atoms. The van der Waals surface area contributed by atoms with Gasteiger partial charge in [0, 0.05) is 54.9 Å². The molecule has 2 saturated heterocycles. The summed E-state index contributed by atoms with van der Waals surface area (Å²) >= 11 is 0. The number of pyridine rings is 1. The zero-order chi connectivity index (χ0) is 21.7. The lowest BCUT2D eigenvalue weighted by molar-refractivity contribution is 0.0906. The maximum absolute atomic E-state index is 14.6. The minimum absolute atomic E-state index is 0.0203. The third-order valence-corrected chi connectivity index (χ3v) is 6.77. The van der Waals surface area contributed by atoms with Crippen molar-refractivity contribution in [3.05, 3.63) is 54.0 Å². The topological polar surface area (TPSA) is 80.2 Å². The Hall–Kier alpha value is -3.20. The summed E-state index contributed by atoms with van der Waals surface area (Å²) in [4.78, 5) is 26.4. The minimum Gasteiger partial charge on any atom is -0.377 e. The first-order chi connectivity index (χ1) is 15.7. The van der Waals surface area contributed by atoms with Crippen molar-refractivity contribution in [3.8, 4) is 11.6 Å². The quantitative estimate of drug-likeness (QED) is 0.584. The largest absolute Gasteiger partial charge is 0.377 e. The highest BCUT2D eigenvalue weighted by molar-refractivity contribution is 5.59. The van der Waals surface area contributed by atoms with Gasteiger partial charge in [0.25, 0.3) is 0 Å². The standard InChI is InChI=1S/C23H24FN7O/c1-14-18-11-27-23(22-25-6-2-7-26-22)28-19(18)5-8-30(14)21-10-17(9-20(24)29-21)31-15-3-4-16(31)13-32-12-15/h2,6-7,9-11,14-16H,3-5,8,12-13H2,1H3. The Morgan fingerprint density at radius 3 is 2.56 bits per heavy atom. The van der Waals surface area contributed by atoms with E-state index in [1.165, 1.54) is 0 Å². The van der Waals surface area contributed by atoms with Crippen molar-refractivity contribution in [2.45, 2.75) is 44.3 Å². The molecule has 164 valence electrons. The van der Waals surface area contributed by atoms with Gasteiger partial charge in [0.05, 0.1) is 37.0 Å². The average Bonchev–Trinajstić information content (AvgIpc) is 3.07. The number of rotatable bonds is 3. The van der Waals surface area contributed by atoms with Gasteiger partial charge in [-0.05, 0) is 25.8 Å². The molecule has 0 N–H and O–H groups in total. The predicted octanol–water partition coefficient (Wildman–Crippen LogP) is 2.96. The van der Waals surface area contributed by atoms with Crippen LogP contribution < -0.4 is 9.80 Å². The maximum Gasteiger partial charge on any atom is 0.216 e. The van der Waals surface area contributed by atoms with Crippen molar-refractivity contribution in [3.63, 3.8) is 0 Å². The summed E-state index contributed by atoms with van der Waals surface area (Å²) < 4.78 is 20.3. The van der Waals surface area contributed by atoms with Crippen molar-refractivity contribution < 1.29 is 9.13 Å². The number of aromatic nitrogens is 5. The fraction of sp³-hybridized carbons (Fsp3) is 0.435. The molecule has 3 unspecified atom stereocenters. The van der Waals surface area contributed by atoms with Crippen molar-refractivity contribution in [2.24, 2.45) is 0 Å². The van der Waals surface area contributed by atoms with Gasteiger partial charge in [0.1, 0.15) is 5.82 Å². The highest BCUT2D eigenvalue weighted by atomic mass is 19.1. The Morgan fingerprint density at radius 1 is 1.00 bits per heavy atom. The highest BCUT2D eigenvalue weighted by Gasteiger charge is 2.38. The Bertz CT molecular complexity index is 1130. The van der Waals surface area contributed by atoms with Crippen LogP contribution in [0.5, 0.6) is 0 Å². The molecule has 8 nitrogen and oxygen atoms in total. The highest BCUT2D eigenvalue weighted by Crippen LogP contribution is 2.38. The van der Waals surface area contributed by atoms with E-state index in [2.05, 4.69) is 36.7 Å². The van der Waals surface area contributed by atoms with E-state index in [0.29, 0.717) is 49.3 Å². The molecule has 0 saturated carbocycles. The average molecular weight is 433 g/mol. The Balaban J connectivity index is 1.31. The molecule has 0 amide bonds. The maximum atomic E-state index is 14.6. The Labute approximate surface area is 185 Å². The van der Waals surface area contributed by atoms with Gasteiger partial charge in [-0.1, -0.05) is 0 Å². The predicted molar refractivity (Wildman–Crippen MR) is 117 cm³/mol. The number of hydrogen-bond donors (Lipinski definition) is 0. The Morgan fingerprint density at radius 2 is 1.78 bits per heavy atom. The molecule has 6 heterocycles. The first-order valence-corrected chi connectivity index (χ1v) is 11.1. The van der Waals surface area contributed by atoms with Gasteiger partial charge in [-0.25, -0.2) is 24.9 Å². The number of halogens is 1. The monoisotopic (exact) mass is 433 g/mol. The van der Waals surface area contributed by atoms with Crippen molar-refractivity contribution in [1.82, 2.24) is 24.9 Å². The molecule has 0 aliphatic carbocycles. The zero-order valence-electron chi connectivity index (χ0n) is 17.9. The second-order valence-corrected chi connectivity index (χ2v) is 8.62. The summed E-state index contributed by atoms with van der Waals surface area (Å²) in [7, 11) is 0. The van der Waals surface area contributed by atoms with Crippen LogP contribution in [-0.4, -0.2) is 56.8 Å². The van der Waals surface area contributed by atoms with E-state index in [1.54, 1.807) is 24.5 Å². The molecule has 3 aliphatic rings. The van der Waals surface area contributed by atoms with Gasteiger partial charge < -0.3 is 14.5 Å². The number of fused-ring (bicyclic) bond motifs is 3. The molecule has 2 bridgehead atoms. The molecule has 6 rings (SSSR count). The van der Waals surface area contributed by atoms with E-state index in [1.807, 2.05) is 12.3 Å². The Kier molecular flexibility index (Phi) is 4.71. The first-order valence-electron chi connectivity index (χ1n) is 11.1. The molecule has 0 aromatic carbocycles. The third-order valence-electron chi connectivity index (χ3n) is 6.77. The van der Waals surface area contributed by atoms with Gasteiger partial charge in [0.15, 0.2) is 11.6 Å². The summed E-state index contributed by atoms with van der Waals surface area (Å²) in [5.41, 5.74) is 2.90. The van der Waals surface area contributed by atoms with Crippen LogP contribution in [-0.2, 0) is 11.2 Å². The molecule has 3 aliphatic heterocycles. The second kappa shape index (κ2) is 7.74. The first kappa shape index (κ1) is 19.5. The molecule has 9 heteroatoms. The molecular weight excluding hydrogens is 409 g/mol. The fourth-order valence-electron chi connectivity index (χ4n) is 5.22. The number of nitrogens with zero attached hydrogens (tertiary/aromatic N) is 7. The number of ether oxygens (including phenoxy) is 1. The smallest absolute Gasteiger partial charge is 0.216 e. The molecule has 3 atom stereocenters. The van der Waals surface area contributed by atoms with E-state index in [-0.39, 0.29) is 6.04 Å². The molecule has 0 radical (unpaired) electrons. The zero-order valence-corrected chi connectivity index (χ0v) is 17.9. The van der Waals surface area contributed by atoms with Crippen LogP contribution in [0.3, 0.4) is 0 Å². The normalized spacial score (nSPS) is 24.5. The van der Waals surface area contributed by atoms with Crippen molar-refractivity contribution in [1.29, 1.82) is 0 Å². The van der Waals surface area contributed by atoms with Gasteiger partial charge >= 0.3 is 0 Å². The molecular formula is C23H24FN7O. The van der Waals surface area contributed by atoms with Crippen LogP contribution in [0, 0.1) is 5.95 Å². The van der Waals surface area contributed by atoms with Gasteiger partial charge in [0.2, 0.25) is 5.95 Å². The summed E-state index contributed by atoms with van der Waals surface area (Å²) in [6, 6.07) is 5.95. The van der Waals surface area contributed by atoms with Crippen molar-refractivity contribution >= 4 is 11.5 Å². The SMILES string of the molecule is CC1c2cnc(-c3ncccn3)nc2CCN1c1cc(N2C3CCC2COC3)cc(F)n1. The lowest BCUT2D eigenvalue weighted by Crippen LogP contribution is -2.46.